The predicted molar refractivity (Wildman–Crippen MR) is 194 cm³/mol. The number of nitrogens with one attached hydrogen (secondary N) is 3. The van der Waals surface area contributed by atoms with E-state index in [0.29, 0.717) is 46.9 Å². The van der Waals surface area contributed by atoms with Gasteiger partial charge in [-0.25, -0.2) is 0 Å². The minimum atomic E-state index is -0.771. The van der Waals surface area contributed by atoms with Crippen LogP contribution in [0.4, 0.5) is 5.69 Å². The van der Waals surface area contributed by atoms with Crippen LogP contribution in [0.1, 0.15) is 70.3 Å². The highest BCUT2D eigenvalue weighted by Crippen LogP contribution is 2.61. The van der Waals surface area contributed by atoms with E-state index >= 15 is 0 Å². The monoisotopic (exact) mass is 677 g/mol. The Balaban J connectivity index is 1.48. The van der Waals surface area contributed by atoms with E-state index in [1.54, 1.807) is 26.1 Å². The van der Waals surface area contributed by atoms with E-state index in [4.69, 9.17) is 9.57 Å². The van der Waals surface area contributed by atoms with E-state index in [-0.39, 0.29) is 24.4 Å². The van der Waals surface area contributed by atoms with Gasteiger partial charge in [0, 0.05) is 62.0 Å². The van der Waals surface area contributed by atoms with Gasteiger partial charge in [0.2, 0.25) is 5.91 Å². The van der Waals surface area contributed by atoms with E-state index in [9.17, 15) is 14.7 Å². The normalized spacial score (nSPS) is 28.1. The summed E-state index contributed by atoms with van der Waals surface area (Å²) < 4.78 is 6.07. The van der Waals surface area contributed by atoms with Gasteiger partial charge >= 0.3 is 0 Å². The van der Waals surface area contributed by atoms with Crippen LogP contribution in [0.3, 0.4) is 0 Å². The number of anilines is 1. The number of ether oxygens (including phenoxy) is 1. The van der Waals surface area contributed by atoms with Gasteiger partial charge in [0.1, 0.15) is 11.8 Å². The lowest BCUT2D eigenvalue weighted by atomic mass is 9.45. The molecule has 2 bridgehead atoms. The smallest absolute Gasteiger partial charge is 0.251 e. The van der Waals surface area contributed by atoms with Gasteiger partial charge in [-0.2, -0.15) is 5.06 Å². The summed E-state index contributed by atoms with van der Waals surface area (Å²) in [6.45, 7) is 14.7. The molecule has 1 saturated heterocycles. The first kappa shape index (κ1) is 37.1. The van der Waals surface area contributed by atoms with Crippen LogP contribution in [0.2, 0.25) is 0 Å². The molecule has 10 nitrogen and oxygen atoms in total. The Morgan fingerprint density at radius 3 is 2.47 bits per heavy atom. The Kier molecular flexibility index (Phi) is 11.3. The van der Waals surface area contributed by atoms with Crippen LogP contribution in [0.5, 0.6) is 5.75 Å². The van der Waals surface area contributed by atoms with Crippen molar-refractivity contribution in [2.45, 2.75) is 85.2 Å². The van der Waals surface area contributed by atoms with E-state index < -0.39 is 24.2 Å². The zero-order valence-electron chi connectivity index (χ0n) is 31.2. The van der Waals surface area contributed by atoms with Crippen molar-refractivity contribution in [3.8, 4) is 16.9 Å². The van der Waals surface area contributed by atoms with Crippen molar-refractivity contribution in [1.29, 1.82) is 0 Å². The fourth-order valence-electron chi connectivity index (χ4n) is 8.66. The van der Waals surface area contributed by atoms with Crippen molar-refractivity contribution in [3.05, 3.63) is 47.5 Å². The molecule has 1 heterocycles. The zero-order chi connectivity index (χ0) is 35.8. The number of rotatable bonds is 13. The molecule has 49 heavy (non-hydrogen) atoms. The van der Waals surface area contributed by atoms with Crippen LogP contribution < -0.4 is 25.6 Å². The first-order valence-electron chi connectivity index (χ1n) is 18.0. The number of carbonyl (C=O) groups excluding carboxylic acids is 2. The molecule has 0 unspecified atom stereocenters. The number of benzene rings is 2. The molecule has 0 radical (unpaired) electrons. The summed E-state index contributed by atoms with van der Waals surface area (Å²) in [4.78, 5) is 35.7. The second-order valence-corrected chi connectivity index (χ2v) is 15.8. The number of hydroxylamine groups is 2. The lowest BCUT2D eigenvalue weighted by molar-refractivity contribution is -0.176. The maximum atomic E-state index is 14.4. The molecule has 6 rings (SSSR count). The van der Waals surface area contributed by atoms with Crippen molar-refractivity contribution in [2.24, 2.45) is 35.0 Å². The number of hydrogen-bond acceptors (Lipinski definition) is 8. The first-order chi connectivity index (χ1) is 23.2. The summed E-state index contributed by atoms with van der Waals surface area (Å²) in [5, 5.41) is 22.6. The second-order valence-electron chi connectivity index (χ2n) is 15.8. The molecule has 4 aliphatic rings. The van der Waals surface area contributed by atoms with Crippen LogP contribution >= 0.6 is 0 Å². The van der Waals surface area contributed by atoms with Gasteiger partial charge in [-0.1, -0.05) is 52.8 Å². The number of amides is 2. The highest BCUT2D eigenvalue weighted by atomic mass is 16.7. The molecule has 8 atom stereocenters. The van der Waals surface area contributed by atoms with E-state index in [1.807, 2.05) is 55.4 Å². The van der Waals surface area contributed by atoms with E-state index in [1.165, 1.54) is 6.42 Å². The topological polar surface area (TPSA) is 115 Å². The number of fused-ring (bicyclic) bond motifs is 2. The fraction of sp³-hybridized carbons (Fsp3) is 0.641. The van der Waals surface area contributed by atoms with Gasteiger partial charge in [-0.05, 0) is 79.2 Å². The van der Waals surface area contributed by atoms with E-state index in [0.717, 1.165) is 35.3 Å². The molecule has 2 aromatic carbocycles. The van der Waals surface area contributed by atoms with Gasteiger partial charge in [-0.3, -0.25) is 14.4 Å². The summed E-state index contributed by atoms with van der Waals surface area (Å²) in [5.74, 6) is 1.96. The van der Waals surface area contributed by atoms with Crippen LogP contribution in [0.15, 0.2) is 36.4 Å². The van der Waals surface area contributed by atoms with Crippen LogP contribution in [0, 0.1) is 35.0 Å². The lowest BCUT2D eigenvalue weighted by Gasteiger charge is -2.62. The molecule has 4 N–H and O–H groups in total. The van der Waals surface area contributed by atoms with Crippen LogP contribution in [-0.4, -0.2) is 87.6 Å². The van der Waals surface area contributed by atoms with Crippen molar-refractivity contribution < 1.29 is 24.3 Å². The number of aliphatic hydroxyl groups excluding tert-OH is 1. The Labute approximate surface area is 293 Å². The maximum absolute atomic E-state index is 14.4. The van der Waals surface area contributed by atoms with Gasteiger partial charge in [0.15, 0.2) is 0 Å². The third-order valence-corrected chi connectivity index (χ3v) is 11.6. The third kappa shape index (κ3) is 7.48. The number of hydrogen-bond donors (Lipinski definition) is 4. The molecule has 0 spiro atoms. The Bertz CT molecular complexity index is 1490. The SMILES string of the molecule is CNC(=O)c1cc(-c2cccc(CN3O[C@@H](CNCC(C)C)[C@@H]([C@H](C)O)[C@H]3C(=O)N[C@H]3C[C@H]4C[C@@H]([C@@H]3C)C4(C)C)c2OC)cc(N(C)C)c1. The van der Waals surface area contributed by atoms with Crippen molar-refractivity contribution >= 4 is 17.5 Å². The minimum Gasteiger partial charge on any atom is -0.496 e. The summed E-state index contributed by atoms with van der Waals surface area (Å²) in [6.07, 6.45) is 1.04. The zero-order valence-corrected chi connectivity index (χ0v) is 31.2. The molecule has 2 amide bonds. The van der Waals surface area contributed by atoms with Crippen molar-refractivity contribution in [3.63, 3.8) is 0 Å². The first-order valence-corrected chi connectivity index (χ1v) is 18.0. The molecule has 10 heteroatoms. The average Bonchev–Trinajstić information content (AvgIpc) is 3.42. The summed E-state index contributed by atoms with van der Waals surface area (Å²) in [5.41, 5.74) is 4.25. The standard InChI is InChI=1S/C39H59N5O5/c1-22(2)19-41-20-33-34(24(4)45)35(38(47)42-32-18-28-17-31(23(32)3)39(28,5)6)44(49-33)21-25-12-11-13-30(36(25)48-10)26-14-27(37(46)40-7)16-29(15-26)43(8)9/h11-16,22-24,28,31-35,41,45H,17-21H2,1-10H3,(H,40,46)(H,42,47)/t23-,24-,28+,31-,32-,33-,34+,35-/m0/s1. The van der Waals surface area contributed by atoms with Crippen molar-refractivity contribution in [1.82, 2.24) is 21.0 Å². The quantitative estimate of drug-likeness (QED) is 0.241. The number of para-hydroxylation sites is 1. The minimum absolute atomic E-state index is 0.0928. The Hall–Kier alpha value is -3.18. The molecule has 270 valence electrons. The third-order valence-electron chi connectivity index (χ3n) is 11.6. The maximum Gasteiger partial charge on any atom is 0.251 e. The summed E-state index contributed by atoms with van der Waals surface area (Å²) in [6, 6.07) is 11.1. The van der Waals surface area contributed by atoms with E-state index in [2.05, 4.69) is 50.6 Å². The van der Waals surface area contributed by atoms with Crippen LogP contribution in [0.25, 0.3) is 11.1 Å². The van der Waals surface area contributed by atoms with Crippen LogP contribution in [-0.2, 0) is 16.2 Å². The Morgan fingerprint density at radius 1 is 1.14 bits per heavy atom. The fourth-order valence-corrected chi connectivity index (χ4v) is 8.66. The largest absolute Gasteiger partial charge is 0.496 e. The number of carbonyl (C=O) groups is 2. The van der Waals surface area contributed by atoms with Gasteiger partial charge in [-0.15, -0.1) is 0 Å². The average molecular weight is 678 g/mol. The second kappa shape index (κ2) is 15.0. The molecule has 1 aliphatic heterocycles. The molecule has 4 fully saturated rings. The highest BCUT2D eigenvalue weighted by Gasteiger charge is 2.57. The number of aliphatic hydroxyl groups is 1. The lowest BCUT2D eigenvalue weighted by Crippen LogP contribution is -2.62. The predicted octanol–water partition coefficient (Wildman–Crippen LogP) is 4.70. The molecular weight excluding hydrogens is 618 g/mol. The summed E-state index contributed by atoms with van der Waals surface area (Å²) >= 11 is 0. The molecule has 3 aliphatic carbocycles. The number of nitrogens with zero attached hydrogens (tertiary/aromatic N) is 2. The molecular formula is C39H59N5O5. The molecule has 2 aromatic rings. The molecule has 0 aromatic heterocycles. The molecule has 3 saturated carbocycles. The van der Waals surface area contributed by atoms with Gasteiger partial charge in [0.25, 0.3) is 5.91 Å². The Morgan fingerprint density at radius 2 is 1.88 bits per heavy atom. The van der Waals surface area contributed by atoms with Gasteiger partial charge in [0.05, 0.1) is 25.9 Å². The number of methoxy groups -OCH3 is 1. The highest BCUT2D eigenvalue weighted by molar-refractivity contribution is 5.97. The van der Waals surface area contributed by atoms with Crippen molar-refractivity contribution in [2.75, 3.05) is 46.2 Å². The summed E-state index contributed by atoms with van der Waals surface area (Å²) in [7, 11) is 7.15. The van der Waals surface area contributed by atoms with Gasteiger partial charge < -0.3 is 30.7 Å².